The van der Waals surface area contributed by atoms with E-state index in [9.17, 15) is 18.4 Å². The molecule has 0 saturated carbocycles. The third-order valence-corrected chi connectivity index (χ3v) is 4.72. The first kappa shape index (κ1) is 20.8. The van der Waals surface area contributed by atoms with Gasteiger partial charge in [0.1, 0.15) is 18.2 Å². The Morgan fingerprint density at radius 3 is 2.39 bits per heavy atom. The van der Waals surface area contributed by atoms with Crippen LogP contribution < -0.4 is 10.9 Å². The SMILES string of the molecule is Cc1ncnc2c1ncn2-c1ccc(NN([O-])Nc2ccc(Cl)c(C(F)(F)F)c2)cc1. The van der Waals surface area contributed by atoms with Gasteiger partial charge in [0.25, 0.3) is 0 Å². The minimum absolute atomic E-state index is 0.0733. The van der Waals surface area contributed by atoms with Crippen LogP contribution >= 0.6 is 11.6 Å². The lowest BCUT2D eigenvalue weighted by Crippen LogP contribution is -2.29. The fourth-order valence-corrected chi connectivity index (χ4v) is 3.14. The lowest BCUT2D eigenvalue weighted by Gasteiger charge is -2.31. The number of imidazole rings is 1. The Bertz CT molecular complexity index is 1230. The molecule has 4 aromatic rings. The van der Waals surface area contributed by atoms with Crippen molar-refractivity contribution < 1.29 is 13.2 Å². The summed E-state index contributed by atoms with van der Waals surface area (Å²) >= 11 is 5.58. The molecule has 160 valence electrons. The molecule has 2 aromatic carbocycles. The third kappa shape index (κ3) is 4.38. The molecule has 0 aliphatic heterocycles. The van der Waals surface area contributed by atoms with Crippen LogP contribution in [-0.2, 0) is 6.18 Å². The van der Waals surface area contributed by atoms with Crippen LogP contribution in [0.5, 0.6) is 0 Å². The first-order valence-corrected chi connectivity index (χ1v) is 9.22. The molecule has 31 heavy (non-hydrogen) atoms. The van der Waals surface area contributed by atoms with Crippen molar-refractivity contribution in [3.8, 4) is 5.69 Å². The second kappa shape index (κ2) is 8.02. The van der Waals surface area contributed by atoms with Gasteiger partial charge in [0, 0.05) is 11.4 Å². The number of fused-ring (bicyclic) bond motifs is 1. The minimum Gasteiger partial charge on any atom is -0.749 e. The molecule has 0 fully saturated rings. The van der Waals surface area contributed by atoms with Crippen LogP contribution in [0.2, 0.25) is 5.02 Å². The number of nitrogens with one attached hydrogen (secondary N) is 2. The van der Waals surface area contributed by atoms with Gasteiger partial charge in [-0.1, -0.05) is 11.6 Å². The third-order valence-electron chi connectivity index (χ3n) is 4.39. The number of benzene rings is 2. The van der Waals surface area contributed by atoms with Gasteiger partial charge in [-0.05, 0) is 49.4 Å². The Balaban J connectivity index is 1.47. The predicted octanol–water partition coefficient (Wildman–Crippen LogP) is 4.95. The highest BCUT2D eigenvalue weighted by Gasteiger charge is 2.33. The molecule has 4 rings (SSSR count). The van der Waals surface area contributed by atoms with Gasteiger partial charge < -0.3 is 16.1 Å². The Morgan fingerprint density at radius 2 is 1.68 bits per heavy atom. The van der Waals surface area contributed by atoms with E-state index >= 15 is 0 Å². The van der Waals surface area contributed by atoms with E-state index < -0.39 is 16.8 Å². The lowest BCUT2D eigenvalue weighted by atomic mass is 10.2. The molecule has 8 nitrogen and oxygen atoms in total. The molecule has 0 bridgehead atoms. The molecule has 0 atom stereocenters. The van der Waals surface area contributed by atoms with E-state index in [1.165, 1.54) is 12.4 Å². The Labute approximate surface area is 178 Å². The van der Waals surface area contributed by atoms with Crippen LogP contribution in [0.1, 0.15) is 11.3 Å². The quantitative estimate of drug-likeness (QED) is 0.417. The minimum atomic E-state index is -4.63. The average Bonchev–Trinajstić information content (AvgIpc) is 3.15. The zero-order chi connectivity index (χ0) is 22.2. The average molecular weight is 449 g/mol. The van der Waals surface area contributed by atoms with Crippen molar-refractivity contribution >= 4 is 34.1 Å². The van der Waals surface area contributed by atoms with Gasteiger partial charge in [-0.25, -0.2) is 20.2 Å². The maximum atomic E-state index is 13.0. The number of rotatable bonds is 5. The molecule has 0 saturated heterocycles. The molecule has 0 radical (unpaired) electrons. The summed E-state index contributed by atoms with van der Waals surface area (Å²) in [5.41, 5.74) is 6.89. The highest BCUT2D eigenvalue weighted by molar-refractivity contribution is 6.31. The van der Waals surface area contributed by atoms with Crippen molar-refractivity contribution in [2.75, 3.05) is 10.9 Å². The lowest BCUT2D eigenvalue weighted by molar-refractivity contribution is -0.137. The summed E-state index contributed by atoms with van der Waals surface area (Å²) in [6.45, 7) is 1.84. The summed E-state index contributed by atoms with van der Waals surface area (Å²) in [4.78, 5) is 12.7. The van der Waals surface area contributed by atoms with Gasteiger partial charge in [-0.3, -0.25) is 4.57 Å². The van der Waals surface area contributed by atoms with Crippen molar-refractivity contribution in [3.05, 3.63) is 76.6 Å². The number of aromatic nitrogens is 4. The highest BCUT2D eigenvalue weighted by atomic mass is 35.5. The highest BCUT2D eigenvalue weighted by Crippen LogP contribution is 2.36. The maximum Gasteiger partial charge on any atom is 0.417 e. The molecular weight excluding hydrogens is 435 g/mol. The summed E-state index contributed by atoms with van der Waals surface area (Å²) < 4.78 is 40.6. The standard InChI is InChI=1S/C19H14ClF3N7O/c1-11-17-18(25-9-24-11)29(10-26-17)14-5-2-12(3-6-14)27-30(31)28-13-4-7-16(20)15(8-13)19(21,22)23/h2-10,27-28H,1H3/q-1. The molecular formula is C19H14ClF3N7O-. The fourth-order valence-electron chi connectivity index (χ4n) is 2.91. The van der Waals surface area contributed by atoms with Crippen LogP contribution in [0.3, 0.4) is 0 Å². The molecule has 0 unspecified atom stereocenters. The number of alkyl halides is 3. The molecule has 2 aromatic heterocycles. The van der Waals surface area contributed by atoms with Gasteiger partial charge in [0.2, 0.25) is 0 Å². The Morgan fingerprint density at radius 1 is 1.00 bits per heavy atom. The number of aryl methyl sites for hydroxylation is 1. The Kier molecular flexibility index (Phi) is 5.39. The van der Waals surface area contributed by atoms with Gasteiger partial charge >= 0.3 is 6.18 Å². The molecule has 0 aliphatic carbocycles. The van der Waals surface area contributed by atoms with E-state index in [1.807, 2.05) is 6.92 Å². The van der Waals surface area contributed by atoms with Crippen molar-refractivity contribution in [2.45, 2.75) is 13.1 Å². The van der Waals surface area contributed by atoms with Crippen LogP contribution in [0.4, 0.5) is 24.5 Å². The van der Waals surface area contributed by atoms with Gasteiger partial charge in [-0.15, -0.1) is 0 Å². The number of nitrogens with zero attached hydrogens (tertiary/aromatic N) is 5. The number of anilines is 2. The predicted molar refractivity (Wildman–Crippen MR) is 110 cm³/mol. The van der Waals surface area contributed by atoms with E-state index in [1.54, 1.807) is 35.2 Å². The molecule has 12 heteroatoms. The van der Waals surface area contributed by atoms with Gasteiger partial charge in [0.05, 0.1) is 22.0 Å². The first-order valence-electron chi connectivity index (χ1n) is 8.85. The molecule has 0 amide bonds. The summed E-state index contributed by atoms with van der Waals surface area (Å²) in [6, 6.07) is 9.82. The second-order valence-corrected chi connectivity index (χ2v) is 6.91. The summed E-state index contributed by atoms with van der Waals surface area (Å²) in [5.74, 6) is 0. The molecule has 0 aliphatic rings. The number of hydrogen-bond donors (Lipinski definition) is 2. The fraction of sp³-hybridized carbons (Fsp3) is 0.105. The maximum absolute atomic E-state index is 13.0. The summed E-state index contributed by atoms with van der Waals surface area (Å²) in [7, 11) is 0. The molecule has 2 N–H and O–H groups in total. The molecule has 0 spiro atoms. The van der Waals surface area contributed by atoms with Crippen LogP contribution in [-0.4, -0.2) is 24.8 Å². The van der Waals surface area contributed by atoms with Crippen molar-refractivity contribution in [1.29, 1.82) is 0 Å². The number of halogens is 4. The zero-order valence-electron chi connectivity index (χ0n) is 15.9. The number of hydrogen-bond acceptors (Lipinski definition) is 7. The molecule has 2 heterocycles. The second-order valence-electron chi connectivity index (χ2n) is 6.50. The van der Waals surface area contributed by atoms with E-state index in [-0.39, 0.29) is 11.0 Å². The van der Waals surface area contributed by atoms with Crippen molar-refractivity contribution in [1.82, 2.24) is 24.8 Å². The van der Waals surface area contributed by atoms with Crippen LogP contribution in [0.15, 0.2) is 55.1 Å². The zero-order valence-corrected chi connectivity index (χ0v) is 16.6. The first-order chi connectivity index (χ1) is 14.7. The summed E-state index contributed by atoms with van der Waals surface area (Å²) in [5, 5.41) is 11.8. The smallest absolute Gasteiger partial charge is 0.417 e. The largest absolute Gasteiger partial charge is 0.749 e. The monoisotopic (exact) mass is 448 g/mol. The normalized spacial score (nSPS) is 11.8. The summed E-state index contributed by atoms with van der Waals surface area (Å²) in [6.07, 6.45) is -1.56. The van der Waals surface area contributed by atoms with Crippen LogP contribution in [0, 0.1) is 12.1 Å². The van der Waals surface area contributed by atoms with Crippen molar-refractivity contribution in [3.63, 3.8) is 0 Å². The van der Waals surface area contributed by atoms with E-state index in [4.69, 9.17) is 11.6 Å². The topological polar surface area (TPSA) is 94.0 Å². The van der Waals surface area contributed by atoms with E-state index in [2.05, 4.69) is 25.8 Å². The van der Waals surface area contributed by atoms with Gasteiger partial charge in [0.15, 0.2) is 5.65 Å². The Hall–Kier alpha value is -3.41. The van der Waals surface area contributed by atoms with E-state index in [0.717, 1.165) is 23.5 Å². The van der Waals surface area contributed by atoms with E-state index in [0.29, 0.717) is 16.9 Å². The van der Waals surface area contributed by atoms with Crippen molar-refractivity contribution in [2.24, 2.45) is 0 Å². The number of hydrazine groups is 2. The van der Waals surface area contributed by atoms with Crippen LogP contribution in [0.25, 0.3) is 16.9 Å². The van der Waals surface area contributed by atoms with Gasteiger partial charge in [-0.2, -0.15) is 13.2 Å².